The summed E-state index contributed by atoms with van der Waals surface area (Å²) in [5.74, 6) is -0.200. The summed E-state index contributed by atoms with van der Waals surface area (Å²) in [4.78, 5) is 19.2. The maximum atomic E-state index is 12.6. The fraction of sp³-hybridized carbons (Fsp3) is 0.389. The number of amides is 1. The number of carbonyl (C=O) groups excluding carboxylic acids is 1. The van der Waals surface area contributed by atoms with Gasteiger partial charge in [0.1, 0.15) is 11.3 Å². The number of pyridine rings is 1. The molecule has 1 aliphatic heterocycles. The van der Waals surface area contributed by atoms with E-state index < -0.39 is 0 Å². The lowest BCUT2D eigenvalue weighted by atomic mass is 10.3. The van der Waals surface area contributed by atoms with Crippen molar-refractivity contribution >= 4 is 17.2 Å². The van der Waals surface area contributed by atoms with Gasteiger partial charge in [-0.15, -0.1) is 0 Å². The molecule has 0 bridgehead atoms. The third-order valence-corrected chi connectivity index (χ3v) is 4.54. The van der Waals surface area contributed by atoms with Crippen LogP contribution in [0.25, 0.3) is 5.65 Å². The van der Waals surface area contributed by atoms with Crippen LogP contribution in [-0.2, 0) is 11.3 Å². The lowest BCUT2D eigenvalue weighted by molar-refractivity contribution is 0.0360. The first-order valence-corrected chi connectivity index (χ1v) is 8.77. The van der Waals surface area contributed by atoms with Crippen LogP contribution in [0.2, 0.25) is 0 Å². The maximum absolute atomic E-state index is 12.6. The zero-order valence-corrected chi connectivity index (χ0v) is 14.8. The topological polar surface area (TPSA) is 76.7 Å². The van der Waals surface area contributed by atoms with Gasteiger partial charge in [0.25, 0.3) is 5.91 Å². The Balaban J connectivity index is 1.39. The van der Waals surface area contributed by atoms with Gasteiger partial charge in [0, 0.05) is 32.0 Å². The van der Waals surface area contributed by atoms with Crippen LogP contribution < -0.4 is 5.32 Å². The average molecular weight is 354 g/mol. The molecule has 0 aromatic carbocycles. The van der Waals surface area contributed by atoms with E-state index in [0.29, 0.717) is 11.4 Å². The van der Waals surface area contributed by atoms with Gasteiger partial charge < -0.3 is 10.1 Å². The molecule has 3 aromatic rings. The van der Waals surface area contributed by atoms with Crippen molar-refractivity contribution in [3.8, 4) is 0 Å². The highest BCUT2D eigenvalue weighted by Crippen LogP contribution is 2.12. The van der Waals surface area contributed by atoms with Gasteiger partial charge in [0.2, 0.25) is 0 Å². The Labute approximate surface area is 151 Å². The van der Waals surface area contributed by atoms with E-state index in [-0.39, 0.29) is 5.91 Å². The van der Waals surface area contributed by atoms with Crippen molar-refractivity contribution in [3.63, 3.8) is 0 Å². The van der Waals surface area contributed by atoms with Crippen molar-refractivity contribution < 1.29 is 9.53 Å². The van der Waals surface area contributed by atoms with Gasteiger partial charge in [-0.3, -0.25) is 18.8 Å². The fourth-order valence-corrected chi connectivity index (χ4v) is 3.06. The number of anilines is 1. The van der Waals surface area contributed by atoms with Gasteiger partial charge in [-0.1, -0.05) is 0 Å². The molecule has 0 spiro atoms. The highest BCUT2D eigenvalue weighted by atomic mass is 16.5. The quantitative estimate of drug-likeness (QED) is 0.750. The Bertz CT molecular complexity index is 909. The summed E-state index contributed by atoms with van der Waals surface area (Å²) in [6, 6.07) is 3.90. The number of rotatable bonds is 5. The lowest BCUT2D eigenvalue weighted by Crippen LogP contribution is -2.38. The lowest BCUT2D eigenvalue weighted by Gasteiger charge is -2.26. The highest BCUT2D eigenvalue weighted by Gasteiger charge is 2.14. The highest BCUT2D eigenvalue weighted by molar-refractivity contribution is 6.03. The van der Waals surface area contributed by atoms with Gasteiger partial charge in [-0.05, 0) is 24.6 Å². The molecule has 136 valence electrons. The molecule has 26 heavy (non-hydrogen) atoms. The Hall–Kier alpha value is -2.71. The van der Waals surface area contributed by atoms with Gasteiger partial charge in [-0.25, -0.2) is 4.98 Å². The van der Waals surface area contributed by atoms with Crippen LogP contribution in [0.15, 0.2) is 36.9 Å². The minimum atomic E-state index is -0.200. The van der Waals surface area contributed by atoms with E-state index in [1.54, 1.807) is 16.8 Å². The second kappa shape index (κ2) is 7.27. The number of hydrogen-bond acceptors (Lipinski definition) is 5. The minimum absolute atomic E-state index is 0.200. The number of imidazole rings is 1. The van der Waals surface area contributed by atoms with E-state index in [4.69, 9.17) is 4.74 Å². The molecule has 4 rings (SSSR count). The Morgan fingerprint density at radius 1 is 1.27 bits per heavy atom. The molecule has 0 atom stereocenters. The number of hydrogen-bond donors (Lipinski definition) is 1. The van der Waals surface area contributed by atoms with E-state index >= 15 is 0 Å². The molecule has 1 N–H and O–H groups in total. The van der Waals surface area contributed by atoms with Crippen molar-refractivity contribution in [3.05, 3.63) is 48.2 Å². The van der Waals surface area contributed by atoms with Crippen LogP contribution in [0.3, 0.4) is 0 Å². The number of aryl methyl sites for hydroxylation is 1. The van der Waals surface area contributed by atoms with Crippen LogP contribution in [-0.4, -0.2) is 62.8 Å². The van der Waals surface area contributed by atoms with Gasteiger partial charge in [-0.2, -0.15) is 5.10 Å². The van der Waals surface area contributed by atoms with Gasteiger partial charge in [0.15, 0.2) is 0 Å². The standard InChI is InChI=1S/C18H22N6O2/c1-14-2-3-24-16(12-19-17(24)10-14)18(25)21-15-11-20-23(13-15)5-4-22-6-8-26-9-7-22/h2-3,10-13H,4-9H2,1H3,(H,21,25). The molecule has 0 saturated carbocycles. The Kier molecular flexibility index (Phi) is 4.68. The summed E-state index contributed by atoms with van der Waals surface area (Å²) in [6.07, 6.45) is 6.97. The zero-order valence-electron chi connectivity index (χ0n) is 14.8. The third-order valence-electron chi connectivity index (χ3n) is 4.54. The molecule has 1 amide bonds. The van der Waals surface area contributed by atoms with E-state index in [1.807, 2.05) is 36.1 Å². The van der Waals surface area contributed by atoms with Crippen LogP contribution in [0, 0.1) is 6.92 Å². The number of morpholine rings is 1. The van der Waals surface area contributed by atoms with E-state index in [0.717, 1.165) is 50.6 Å². The van der Waals surface area contributed by atoms with Crippen molar-refractivity contribution in [1.82, 2.24) is 24.1 Å². The predicted octanol–water partition coefficient (Wildman–Crippen LogP) is 1.42. The summed E-state index contributed by atoms with van der Waals surface area (Å²) >= 11 is 0. The summed E-state index contributed by atoms with van der Waals surface area (Å²) < 4.78 is 8.99. The maximum Gasteiger partial charge on any atom is 0.274 e. The first-order valence-electron chi connectivity index (χ1n) is 8.77. The molecule has 0 aliphatic carbocycles. The van der Waals surface area contributed by atoms with Crippen molar-refractivity contribution in [2.24, 2.45) is 0 Å². The normalized spacial score (nSPS) is 15.4. The molecule has 3 aromatic heterocycles. The number of fused-ring (bicyclic) bond motifs is 1. The predicted molar refractivity (Wildman–Crippen MR) is 97.4 cm³/mol. The largest absolute Gasteiger partial charge is 0.379 e. The number of nitrogens with zero attached hydrogens (tertiary/aromatic N) is 5. The molecule has 1 saturated heterocycles. The first-order chi connectivity index (χ1) is 12.7. The van der Waals surface area contributed by atoms with Crippen LogP contribution >= 0.6 is 0 Å². The van der Waals surface area contributed by atoms with Crippen LogP contribution in [0.1, 0.15) is 16.1 Å². The zero-order chi connectivity index (χ0) is 17.9. The third kappa shape index (κ3) is 3.61. The molecule has 8 nitrogen and oxygen atoms in total. The molecule has 1 aliphatic rings. The molecular formula is C18H22N6O2. The molecule has 8 heteroatoms. The number of carbonyl (C=O) groups is 1. The van der Waals surface area contributed by atoms with Gasteiger partial charge >= 0.3 is 0 Å². The van der Waals surface area contributed by atoms with E-state index in [9.17, 15) is 4.79 Å². The van der Waals surface area contributed by atoms with Crippen LogP contribution in [0.4, 0.5) is 5.69 Å². The second-order valence-corrected chi connectivity index (χ2v) is 6.48. The summed E-state index contributed by atoms with van der Waals surface area (Å²) in [6.45, 7) is 7.20. The molecular weight excluding hydrogens is 332 g/mol. The fourth-order valence-electron chi connectivity index (χ4n) is 3.06. The monoisotopic (exact) mass is 354 g/mol. The molecule has 0 radical (unpaired) electrons. The minimum Gasteiger partial charge on any atom is -0.379 e. The van der Waals surface area contributed by atoms with E-state index in [2.05, 4.69) is 20.3 Å². The average Bonchev–Trinajstić information content (AvgIpc) is 3.27. The van der Waals surface area contributed by atoms with Crippen LogP contribution in [0.5, 0.6) is 0 Å². The number of nitrogens with one attached hydrogen (secondary N) is 1. The summed E-state index contributed by atoms with van der Waals surface area (Å²) in [5, 5.41) is 7.22. The molecule has 1 fully saturated rings. The summed E-state index contributed by atoms with van der Waals surface area (Å²) in [7, 11) is 0. The Morgan fingerprint density at radius 2 is 2.12 bits per heavy atom. The molecule has 0 unspecified atom stereocenters. The second-order valence-electron chi connectivity index (χ2n) is 6.48. The smallest absolute Gasteiger partial charge is 0.274 e. The first kappa shape index (κ1) is 16.7. The van der Waals surface area contributed by atoms with Gasteiger partial charge in [0.05, 0.1) is 37.8 Å². The van der Waals surface area contributed by atoms with E-state index in [1.165, 1.54) is 0 Å². The summed E-state index contributed by atoms with van der Waals surface area (Å²) in [5.41, 5.74) is 3.05. The SMILES string of the molecule is Cc1ccn2c(C(=O)Nc3cnn(CCN4CCOCC4)c3)cnc2c1. The van der Waals surface area contributed by atoms with Crippen molar-refractivity contribution in [2.45, 2.75) is 13.5 Å². The van der Waals surface area contributed by atoms with Crippen molar-refractivity contribution in [2.75, 3.05) is 38.2 Å². The molecule has 4 heterocycles. The van der Waals surface area contributed by atoms with Crippen molar-refractivity contribution in [1.29, 1.82) is 0 Å². The number of ether oxygens (including phenoxy) is 1. The Morgan fingerprint density at radius 3 is 2.96 bits per heavy atom. The number of aromatic nitrogens is 4.